The first-order valence-corrected chi connectivity index (χ1v) is 10.7. The van der Waals surface area contributed by atoms with Crippen molar-refractivity contribution in [2.24, 2.45) is 5.41 Å². The first-order chi connectivity index (χ1) is 10.7. The molecule has 0 heterocycles. The highest BCUT2D eigenvalue weighted by Crippen LogP contribution is 2.31. The van der Waals surface area contributed by atoms with Gasteiger partial charge in [0.1, 0.15) is 0 Å². The van der Waals surface area contributed by atoms with Crippen LogP contribution in [0, 0.1) is 5.41 Å². The van der Waals surface area contributed by atoms with E-state index in [0.29, 0.717) is 5.41 Å². The zero-order valence-corrected chi connectivity index (χ0v) is 16.5. The van der Waals surface area contributed by atoms with Crippen LogP contribution in [0.4, 0.5) is 0 Å². The molecule has 0 aromatic carbocycles. The summed E-state index contributed by atoms with van der Waals surface area (Å²) in [6.45, 7) is 9.47. The van der Waals surface area contributed by atoms with Crippen LogP contribution >= 0.6 is 0 Å². The minimum Gasteiger partial charge on any atom is -0.0654 e. The molecule has 0 amide bonds. The lowest BCUT2D eigenvalue weighted by atomic mass is 9.80. The Morgan fingerprint density at radius 1 is 0.455 bits per heavy atom. The minimum atomic E-state index is 0.622. The smallest absolute Gasteiger partial charge is 0.0331 e. The van der Waals surface area contributed by atoms with Gasteiger partial charge in [0.25, 0.3) is 0 Å². The fraction of sp³-hybridized carbons (Fsp3) is 1.00. The fourth-order valence-corrected chi connectivity index (χ4v) is 3.35. The highest BCUT2D eigenvalue weighted by Gasteiger charge is 2.18. The van der Waals surface area contributed by atoms with Crippen molar-refractivity contribution in [3.05, 3.63) is 0 Å². The molecular formula is C22H46. The Morgan fingerprint density at radius 3 is 1.09 bits per heavy atom. The van der Waals surface area contributed by atoms with Crippen LogP contribution in [0.5, 0.6) is 0 Å². The van der Waals surface area contributed by atoms with E-state index in [9.17, 15) is 0 Å². The molecule has 0 aliphatic heterocycles. The van der Waals surface area contributed by atoms with Gasteiger partial charge < -0.3 is 0 Å². The number of unbranched alkanes of at least 4 members (excludes halogenated alkanes) is 13. The molecule has 134 valence electrons. The summed E-state index contributed by atoms with van der Waals surface area (Å²) in [5.74, 6) is 0. The summed E-state index contributed by atoms with van der Waals surface area (Å²) in [4.78, 5) is 0. The summed E-state index contributed by atoms with van der Waals surface area (Å²) in [5, 5.41) is 0. The summed E-state index contributed by atoms with van der Waals surface area (Å²) < 4.78 is 0. The maximum Gasteiger partial charge on any atom is -0.0331 e. The van der Waals surface area contributed by atoms with Crippen molar-refractivity contribution in [1.29, 1.82) is 0 Å². The summed E-state index contributed by atoms with van der Waals surface area (Å²) in [7, 11) is 0. The van der Waals surface area contributed by atoms with Crippen LogP contribution in [0.3, 0.4) is 0 Å². The van der Waals surface area contributed by atoms with Crippen molar-refractivity contribution in [2.45, 2.75) is 137 Å². The Labute approximate surface area is 142 Å². The Balaban J connectivity index is 3.14. The number of rotatable bonds is 17. The van der Waals surface area contributed by atoms with E-state index in [1.54, 1.807) is 0 Å². The normalized spacial score (nSPS) is 12.0. The van der Waals surface area contributed by atoms with Gasteiger partial charge in [-0.15, -0.1) is 0 Å². The first kappa shape index (κ1) is 22.0. The van der Waals surface area contributed by atoms with Gasteiger partial charge in [-0.2, -0.15) is 0 Å². The third-order valence-electron chi connectivity index (χ3n) is 5.84. The molecule has 22 heavy (non-hydrogen) atoms. The first-order valence-electron chi connectivity index (χ1n) is 10.7. The zero-order valence-electron chi connectivity index (χ0n) is 16.5. The second-order valence-electron chi connectivity index (χ2n) is 7.86. The summed E-state index contributed by atoms with van der Waals surface area (Å²) >= 11 is 0. The zero-order chi connectivity index (χ0) is 16.5. The van der Waals surface area contributed by atoms with E-state index in [4.69, 9.17) is 0 Å². The van der Waals surface area contributed by atoms with Crippen molar-refractivity contribution in [3.63, 3.8) is 0 Å². The van der Waals surface area contributed by atoms with Crippen molar-refractivity contribution in [1.82, 2.24) is 0 Å². The largest absolute Gasteiger partial charge is 0.0654 e. The predicted molar refractivity (Wildman–Crippen MR) is 104 cm³/mol. The SMILES string of the molecule is CCCCCCCCCCCCCCCCC(C)(CC)CC. The van der Waals surface area contributed by atoms with Crippen molar-refractivity contribution in [2.75, 3.05) is 0 Å². The van der Waals surface area contributed by atoms with E-state index in [2.05, 4.69) is 27.7 Å². The van der Waals surface area contributed by atoms with Crippen LogP contribution in [-0.4, -0.2) is 0 Å². The third-order valence-corrected chi connectivity index (χ3v) is 5.84. The molecule has 0 atom stereocenters. The van der Waals surface area contributed by atoms with E-state index in [1.807, 2.05) is 0 Å². The van der Waals surface area contributed by atoms with E-state index in [-0.39, 0.29) is 0 Å². The van der Waals surface area contributed by atoms with Crippen LogP contribution in [0.15, 0.2) is 0 Å². The van der Waals surface area contributed by atoms with Crippen molar-refractivity contribution < 1.29 is 0 Å². The van der Waals surface area contributed by atoms with E-state index < -0.39 is 0 Å². The van der Waals surface area contributed by atoms with Gasteiger partial charge in [0.15, 0.2) is 0 Å². The Kier molecular flexibility index (Phi) is 15.9. The molecule has 0 nitrogen and oxygen atoms in total. The van der Waals surface area contributed by atoms with E-state index in [0.717, 1.165) is 0 Å². The average molecular weight is 311 g/mol. The topological polar surface area (TPSA) is 0 Å². The molecule has 0 radical (unpaired) electrons. The molecule has 0 heteroatoms. The summed E-state index contributed by atoms with van der Waals surface area (Å²) in [6, 6.07) is 0. The molecule has 0 unspecified atom stereocenters. The van der Waals surface area contributed by atoms with E-state index >= 15 is 0 Å². The van der Waals surface area contributed by atoms with Gasteiger partial charge in [0.05, 0.1) is 0 Å². The van der Waals surface area contributed by atoms with Crippen LogP contribution in [0.25, 0.3) is 0 Å². The van der Waals surface area contributed by atoms with Crippen LogP contribution in [0.1, 0.15) is 137 Å². The molecule has 0 saturated carbocycles. The summed E-state index contributed by atoms with van der Waals surface area (Å²) in [6.07, 6.45) is 24.7. The lowest BCUT2D eigenvalue weighted by Crippen LogP contribution is -2.13. The molecule has 0 N–H and O–H groups in total. The summed E-state index contributed by atoms with van der Waals surface area (Å²) in [5.41, 5.74) is 0.622. The number of hydrogen-bond donors (Lipinski definition) is 0. The lowest BCUT2D eigenvalue weighted by molar-refractivity contribution is 0.261. The third kappa shape index (κ3) is 13.6. The molecule has 0 aliphatic carbocycles. The maximum absolute atomic E-state index is 2.47. The molecule has 0 aliphatic rings. The van der Waals surface area contributed by atoms with Crippen molar-refractivity contribution in [3.8, 4) is 0 Å². The van der Waals surface area contributed by atoms with Gasteiger partial charge in [0, 0.05) is 0 Å². The van der Waals surface area contributed by atoms with Gasteiger partial charge in [-0.25, -0.2) is 0 Å². The quantitative estimate of drug-likeness (QED) is 0.236. The molecule has 0 rings (SSSR count). The van der Waals surface area contributed by atoms with Gasteiger partial charge in [-0.1, -0.05) is 130 Å². The van der Waals surface area contributed by atoms with Gasteiger partial charge in [-0.05, 0) is 11.8 Å². The highest BCUT2D eigenvalue weighted by molar-refractivity contribution is 4.70. The molecular weight excluding hydrogens is 264 g/mol. The molecule has 0 saturated heterocycles. The fourth-order valence-electron chi connectivity index (χ4n) is 3.35. The van der Waals surface area contributed by atoms with Gasteiger partial charge in [0.2, 0.25) is 0 Å². The Hall–Kier alpha value is 0. The van der Waals surface area contributed by atoms with Gasteiger partial charge >= 0.3 is 0 Å². The Bertz CT molecular complexity index is 202. The molecule has 0 bridgehead atoms. The second kappa shape index (κ2) is 15.9. The number of hydrogen-bond acceptors (Lipinski definition) is 0. The second-order valence-corrected chi connectivity index (χ2v) is 7.86. The lowest BCUT2D eigenvalue weighted by Gasteiger charge is -2.26. The average Bonchev–Trinajstić information content (AvgIpc) is 2.55. The van der Waals surface area contributed by atoms with Crippen LogP contribution in [0.2, 0.25) is 0 Å². The minimum absolute atomic E-state index is 0.622. The van der Waals surface area contributed by atoms with E-state index in [1.165, 1.54) is 109 Å². The van der Waals surface area contributed by atoms with Crippen molar-refractivity contribution >= 4 is 0 Å². The van der Waals surface area contributed by atoms with Crippen LogP contribution in [-0.2, 0) is 0 Å². The van der Waals surface area contributed by atoms with Gasteiger partial charge in [-0.3, -0.25) is 0 Å². The molecule has 0 fully saturated rings. The van der Waals surface area contributed by atoms with Crippen LogP contribution < -0.4 is 0 Å². The molecule has 0 spiro atoms. The standard InChI is InChI=1S/C22H46/c1-5-8-9-10-11-12-13-14-15-16-17-18-19-20-21-22(4,6-2)7-3/h5-21H2,1-4H3. The molecule has 0 aromatic rings. The molecule has 0 aromatic heterocycles. The Morgan fingerprint density at radius 2 is 0.773 bits per heavy atom. The highest BCUT2D eigenvalue weighted by atomic mass is 14.2. The maximum atomic E-state index is 2.47. The predicted octanol–water partition coefficient (Wildman–Crippen LogP) is 8.68. The monoisotopic (exact) mass is 310 g/mol.